The van der Waals surface area contributed by atoms with E-state index in [1.165, 1.54) is 12.1 Å². The molecular formula is C40H33N2O15S4-3. The molecule has 0 unspecified atom stereocenters. The molecule has 0 aromatic heterocycles. The predicted molar refractivity (Wildman–Crippen MR) is 217 cm³/mol. The lowest BCUT2D eigenvalue weighted by Crippen LogP contribution is -2.15. The fraction of sp³-hybridized carbons (Fsp3) is 0.150. The molecule has 0 radical (unpaired) electrons. The normalized spacial score (nSPS) is 13.5. The fourth-order valence-corrected chi connectivity index (χ4v) is 10.4. The van der Waals surface area contributed by atoms with E-state index in [4.69, 9.17) is 0 Å². The molecule has 1 aliphatic carbocycles. The van der Waals surface area contributed by atoms with Crippen LogP contribution in [0.4, 0.5) is 11.4 Å². The Morgan fingerprint density at radius 2 is 0.787 bits per heavy atom. The number of phenols is 4. The predicted octanol–water partition coefficient (Wildman–Crippen LogP) is 3.92. The number of hydrogen-bond donors (Lipinski definition) is 5. The summed E-state index contributed by atoms with van der Waals surface area (Å²) in [4.78, 5) is -1.06. The summed E-state index contributed by atoms with van der Waals surface area (Å²) in [5.74, 6) is -2.74. The molecule has 17 nitrogen and oxygen atoms in total. The maximum atomic E-state index is 14.2. The van der Waals surface area contributed by atoms with Gasteiger partial charge in [-0.05, 0) is 94.0 Å². The van der Waals surface area contributed by atoms with Gasteiger partial charge in [-0.2, -0.15) is 0 Å². The molecular weight excluding hydrogens is 877 g/mol. The summed E-state index contributed by atoms with van der Waals surface area (Å²) < 4.78 is 142. The van der Waals surface area contributed by atoms with Gasteiger partial charge < -0.3 is 39.0 Å². The summed E-state index contributed by atoms with van der Waals surface area (Å²) >= 11 is 0. The summed E-state index contributed by atoms with van der Waals surface area (Å²) in [5, 5.41) is 47.2. The lowest BCUT2D eigenvalue weighted by Gasteiger charge is -2.21. The van der Waals surface area contributed by atoms with Gasteiger partial charge in [-0.15, -0.1) is 0 Å². The van der Waals surface area contributed by atoms with E-state index in [1.54, 1.807) is 43.3 Å². The van der Waals surface area contributed by atoms with Crippen LogP contribution in [-0.2, 0) is 66.1 Å². The second-order valence-electron chi connectivity index (χ2n) is 14.6. The summed E-state index contributed by atoms with van der Waals surface area (Å²) in [6, 6.07) is 16.6. The van der Waals surface area contributed by atoms with E-state index in [9.17, 15) is 67.8 Å². The molecule has 0 fully saturated rings. The summed E-state index contributed by atoms with van der Waals surface area (Å²) in [6.07, 6.45) is -2.71. The van der Waals surface area contributed by atoms with Crippen LogP contribution in [0.1, 0.15) is 44.5 Å². The number of anilines is 2. The molecule has 0 saturated heterocycles. The van der Waals surface area contributed by atoms with Gasteiger partial charge in [0.2, 0.25) is 0 Å². The van der Waals surface area contributed by atoms with Gasteiger partial charge in [0, 0.05) is 73.1 Å². The highest BCUT2D eigenvalue weighted by atomic mass is 32.2. The van der Waals surface area contributed by atoms with Gasteiger partial charge in [-0.25, -0.2) is 33.7 Å². The smallest absolute Gasteiger partial charge is 0.262 e. The van der Waals surface area contributed by atoms with E-state index in [0.29, 0.717) is 16.5 Å². The largest absolute Gasteiger partial charge is 0.744 e. The Bertz CT molecular complexity index is 3160. The maximum absolute atomic E-state index is 14.2. The molecule has 61 heavy (non-hydrogen) atoms. The van der Waals surface area contributed by atoms with Gasteiger partial charge in [0.05, 0.1) is 19.6 Å². The molecule has 0 aliphatic heterocycles. The van der Waals surface area contributed by atoms with Gasteiger partial charge in [0.25, 0.3) is 10.0 Å². The highest BCUT2D eigenvalue weighted by molar-refractivity contribution is 7.93. The van der Waals surface area contributed by atoms with Gasteiger partial charge >= 0.3 is 0 Å². The lowest BCUT2D eigenvalue weighted by molar-refractivity contribution is 0.448. The zero-order chi connectivity index (χ0) is 44.6. The minimum absolute atomic E-state index is 0.148. The number of aromatic hydroxyl groups is 4. The van der Waals surface area contributed by atoms with Crippen molar-refractivity contribution in [2.75, 3.05) is 23.7 Å². The second kappa shape index (κ2) is 15.2. The van der Waals surface area contributed by atoms with Crippen LogP contribution in [0.3, 0.4) is 0 Å². The van der Waals surface area contributed by atoms with E-state index in [1.807, 2.05) is 0 Å². The molecule has 0 saturated carbocycles. The van der Waals surface area contributed by atoms with Crippen LogP contribution in [0.25, 0.3) is 10.8 Å². The van der Waals surface area contributed by atoms with Gasteiger partial charge in [0.15, 0.2) is 0 Å². The quantitative estimate of drug-likeness (QED) is 0.112. The molecule has 6 aromatic rings. The first kappa shape index (κ1) is 43.2. The SMILES string of the molecule is CN(C)c1cccc2c(S(=O)(=O)Nc3cc4c(O)c(c3)Cc3cc(S(=O)(=O)[O-])cc(c3O)Cc3cc(S(=O)(=O)[O-])cc(c3O)Cc3cc(S(=O)(=O)[O-])cc(c3O)C4)cccc12. The number of phenolic OH excluding ortho intramolecular Hbond substituents is 4. The van der Waals surface area contributed by atoms with Crippen molar-refractivity contribution in [3.63, 3.8) is 0 Å². The van der Waals surface area contributed by atoms with Gasteiger partial charge in [-0.3, -0.25) is 4.72 Å². The van der Waals surface area contributed by atoms with Gasteiger partial charge in [0.1, 0.15) is 53.4 Å². The van der Waals surface area contributed by atoms with Crippen molar-refractivity contribution in [3.8, 4) is 23.0 Å². The molecule has 7 rings (SSSR count). The maximum Gasteiger partial charge on any atom is 0.262 e. The number of rotatable bonds is 7. The van der Waals surface area contributed by atoms with Crippen molar-refractivity contribution < 1.29 is 67.8 Å². The van der Waals surface area contributed by atoms with E-state index in [-0.39, 0.29) is 44.0 Å². The topological polar surface area (TPSA) is 302 Å². The Morgan fingerprint density at radius 3 is 1.11 bits per heavy atom. The molecule has 5 N–H and O–H groups in total. The van der Waals surface area contributed by atoms with Crippen molar-refractivity contribution >= 4 is 62.5 Å². The first-order valence-corrected chi connectivity index (χ1v) is 23.5. The molecule has 0 amide bonds. The number of benzene rings is 6. The van der Waals surface area contributed by atoms with E-state index in [2.05, 4.69) is 4.72 Å². The summed E-state index contributed by atoms with van der Waals surface area (Å²) in [6.45, 7) is 0. The standard InChI is InChI=1S/C40H36N2O15S4/c1-42(2)35-7-3-6-34-33(35)5-4-8-36(34)58(47,48)41-29-13-21-9-23-15-30(59(49,50)51)17-25(38(23)44)11-27-19-32(61(55,56)57)20-28(40(27)46)12-26-18-31(60(52,53)54)16-24(39(26)45)10-22(14-29)37(21)43/h3-8,13-20,41,43-46H,9-12H2,1-2H3,(H,49,50,51)(H,52,53,54)(H,55,56,57)/p-3. The molecule has 21 heteroatoms. The lowest BCUT2D eigenvalue weighted by atomic mass is 9.91. The molecule has 0 atom stereocenters. The van der Waals surface area contributed by atoms with E-state index >= 15 is 0 Å². The highest BCUT2D eigenvalue weighted by Gasteiger charge is 2.25. The molecule has 0 spiro atoms. The van der Waals surface area contributed by atoms with Crippen LogP contribution in [0.2, 0.25) is 0 Å². The fourth-order valence-electron chi connectivity index (χ4n) is 7.43. The first-order valence-electron chi connectivity index (χ1n) is 17.8. The van der Waals surface area contributed by atoms with Crippen LogP contribution in [0, 0.1) is 0 Å². The van der Waals surface area contributed by atoms with Crippen LogP contribution in [-0.4, -0.2) is 81.9 Å². The van der Waals surface area contributed by atoms with Gasteiger partial charge in [-0.1, -0.05) is 24.3 Å². The van der Waals surface area contributed by atoms with E-state index in [0.717, 1.165) is 48.5 Å². The average molecular weight is 910 g/mol. The zero-order valence-electron chi connectivity index (χ0n) is 31.8. The molecule has 6 aromatic carbocycles. The number of fused-ring (bicyclic) bond motifs is 9. The van der Waals surface area contributed by atoms with Crippen LogP contribution in [0.5, 0.6) is 23.0 Å². The summed E-state index contributed by atoms with van der Waals surface area (Å²) in [5.41, 5.74) is -2.13. The Morgan fingerprint density at radius 1 is 0.475 bits per heavy atom. The van der Waals surface area contributed by atoms with Crippen LogP contribution < -0.4 is 9.62 Å². The Hall–Kier alpha value is -5.94. The van der Waals surface area contributed by atoms with Crippen molar-refractivity contribution in [2.24, 2.45) is 0 Å². The third-order valence-corrected chi connectivity index (χ3v) is 14.1. The second-order valence-corrected chi connectivity index (χ2v) is 20.4. The molecule has 8 bridgehead atoms. The molecule has 320 valence electrons. The molecule has 0 heterocycles. The van der Waals surface area contributed by atoms with E-state index < -0.39 is 115 Å². The van der Waals surface area contributed by atoms with Crippen molar-refractivity contribution in [1.29, 1.82) is 0 Å². The number of nitrogens with zero attached hydrogens (tertiary/aromatic N) is 1. The number of sulfonamides is 1. The third-order valence-electron chi connectivity index (χ3n) is 10.3. The van der Waals surface area contributed by atoms with Crippen LogP contribution in [0.15, 0.2) is 105 Å². The number of nitrogens with one attached hydrogen (secondary N) is 1. The van der Waals surface area contributed by atoms with Crippen molar-refractivity contribution in [2.45, 2.75) is 45.3 Å². The molecule has 1 aliphatic rings. The van der Waals surface area contributed by atoms with Crippen LogP contribution >= 0.6 is 0 Å². The van der Waals surface area contributed by atoms with Crippen molar-refractivity contribution in [3.05, 3.63) is 129 Å². The average Bonchev–Trinajstić information content (AvgIpc) is 3.15. The van der Waals surface area contributed by atoms with Crippen molar-refractivity contribution in [1.82, 2.24) is 0 Å². The Kier molecular flexibility index (Phi) is 10.8. The monoisotopic (exact) mass is 909 g/mol. The highest BCUT2D eigenvalue weighted by Crippen LogP contribution is 2.41. The first-order chi connectivity index (χ1) is 28.3. The Balaban J connectivity index is 1.50. The third kappa shape index (κ3) is 8.53. The Labute approximate surface area is 350 Å². The minimum Gasteiger partial charge on any atom is -0.744 e. The zero-order valence-corrected chi connectivity index (χ0v) is 35.0. The summed E-state index contributed by atoms with van der Waals surface area (Å²) in [7, 11) is -16.8. The number of hydrogen-bond acceptors (Lipinski definition) is 16. The minimum atomic E-state index is -5.30.